The number of cyclic esters (lactones) is 1. The van der Waals surface area contributed by atoms with E-state index in [1.165, 1.54) is 26.2 Å². The Kier molecular flexibility index (Phi) is 5.52. The van der Waals surface area contributed by atoms with Crippen molar-refractivity contribution in [2.75, 3.05) is 13.7 Å². The molecule has 1 unspecified atom stereocenters. The largest absolute Gasteiger partial charge is 0.493 e. The minimum absolute atomic E-state index is 0.189. The third-order valence-corrected chi connectivity index (χ3v) is 3.34. The Balaban J connectivity index is 2.17. The summed E-state index contributed by atoms with van der Waals surface area (Å²) in [5, 5.41) is 0. The van der Waals surface area contributed by atoms with E-state index in [1.54, 1.807) is 18.2 Å². The van der Waals surface area contributed by atoms with Crippen LogP contribution in [0.25, 0.3) is 6.08 Å². The molecule has 0 N–H and O–H groups in total. The fourth-order valence-electron chi connectivity index (χ4n) is 2.24. The Morgan fingerprint density at radius 1 is 1.29 bits per heavy atom. The Hall–Kier alpha value is -2.89. The lowest BCUT2D eigenvalue weighted by atomic mass is 9.96. The maximum absolute atomic E-state index is 12.1. The van der Waals surface area contributed by atoms with Crippen LogP contribution in [0.2, 0.25) is 0 Å². The number of ketones is 2. The Bertz CT molecular complexity index is 729. The first-order valence-corrected chi connectivity index (χ1v) is 7.42. The van der Waals surface area contributed by atoms with E-state index in [-0.39, 0.29) is 5.76 Å². The van der Waals surface area contributed by atoms with Gasteiger partial charge in [0.1, 0.15) is 5.76 Å². The number of rotatable bonds is 6. The number of hydrogen-bond acceptors (Lipinski definition) is 6. The molecular formula is C18H18O6. The highest BCUT2D eigenvalue weighted by Crippen LogP contribution is 2.28. The zero-order valence-electron chi connectivity index (χ0n) is 13.7. The zero-order valence-corrected chi connectivity index (χ0v) is 13.7. The van der Waals surface area contributed by atoms with Crippen LogP contribution in [0, 0.1) is 5.92 Å². The van der Waals surface area contributed by atoms with E-state index in [1.807, 2.05) is 6.92 Å². The van der Waals surface area contributed by atoms with Crippen molar-refractivity contribution in [3.05, 3.63) is 41.7 Å². The van der Waals surface area contributed by atoms with Crippen LogP contribution in [0.3, 0.4) is 0 Å². The molecule has 0 amide bonds. The molecule has 6 heteroatoms. The molecule has 1 aliphatic rings. The molecule has 2 rings (SSSR count). The van der Waals surface area contributed by atoms with E-state index in [9.17, 15) is 14.4 Å². The molecule has 0 saturated carbocycles. The van der Waals surface area contributed by atoms with E-state index in [0.717, 1.165) is 6.08 Å². The second-order valence-electron chi connectivity index (χ2n) is 5.09. The fourth-order valence-corrected chi connectivity index (χ4v) is 2.24. The molecule has 1 aromatic carbocycles. The van der Waals surface area contributed by atoms with Gasteiger partial charge >= 0.3 is 5.97 Å². The summed E-state index contributed by atoms with van der Waals surface area (Å²) in [7, 11) is 1.52. The third-order valence-electron chi connectivity index (χ3n) is 3.34. The van der Waals surface area contributed by atoms with E-state index in [4.69, 9.17) is 14.2 Å². The number of benzene rings is 1. The molecule has 0 aliphatic carbocycles. The number of allylic oxidation sites excluding steroid dienone is 3. The fraction of sp³-hybridized carbons (Fsp3) is 0.278. The molecule has 0 fully saturated rings. The second-order valence-corrected chi connectivity index (χ2v) is 5.09. The number of ether oxygens (including phenoxy) is 3. The smallest absolute Gasteiger partial charge is 0.329 e. The predicted molar refractivity (Wildman–Crippen MR) is 86.6 cm³/mol. The average Bonchev–Trinajstić information content (AvgIpc) is 2.53. The maximum atomic E-state index is 12.1. The minimum Gasteiger partial charge on any atom is -0.493 e. The van der Waals surface area contributed by atoms with Gasteiger partial charge < -0.3 is 14.2 Å². The lowest BCUT2D eigenvalue weighted by molar-refractivity contribution is -0.151. The summed E-state index contributed by atoms with van der Waals surface area (Å²) in [6.45, 7) is 3.85. The summed E-state index contributed by atoms with van der Waals surface area (Å²) in [5.41, 5.74) is 0.673. The number of methoxy groups -OCH3 is 1. The monoisotopic (exact) mass is 330 g/mol. The molecular weight excluding hydrogens is 312 g/mol. The van der Waals surface area contributed by atoms with Crippen molar-refractivity contribution in [3.63, 3.8) is 0 Å². The molecule has 1 atom stereocenters. The average molecular weight is 330 g/mol. The second kappa shape index (κ2) is 7.59. The molecule has 6 nitrogen and oxygen atoms in total. The molecule has 1 aromatic rings. The van der Waals surface area contributed by atoms with Gasteiger partial charge in [-0.25, -0.2) is 0 Å². The van der Waals surface area contributed by atoms with Crippen LogP contribution in [0.15, 0.2) is 36.1 Å². The van der Waals surface area contributed by atoms with Gasteiger partial charge in [0.15, 0.2) is 29.0 Å². The Morgan fingerprint density at radius 2 is 2.04 bits per heavy atom. The predicted octanol–water partition coefficient (Wildman–Crippen LogP) is 2.32. The molecule has 0 aromatic heterocycles. The van der Waals surface area contributed by atoms with Crippen LogP contribution in [0.5, 0.6) is 11.5 Å². The first-order valence-electron chi connectivity index (χ1n) is 7.42. The Labute approximate surface area is 139 Å². The van der Waals surface area contributed by atoms with Gasteiger partial charge in [0, 0.05) is 6.08 Å². The highest BCUT2D eigenvalue weighted by Gasteiger charge is 2.36. The zero-order chi connectivity index (χ0) is 17.7. The van der Waals surface area contributed by atoms with Crippen LogP contribution in [-0.2, 0) is 19.1 Å². The topological polar surface area (TPSA) is 78.9 Å². The van der Waals surface area contributed by atoms with Crippen LogP contribution < -0.4 is 9.47 Å². The van der Waals surface area contributed by atoms with E-state index in [2.05, 4.69) is 0 Å². The van der Waals surface area contributed by atoms with Gasteiger partial charge in [-0.1, -0.05) is 12.1 Å². The summed E-state index contributed by atoms with van der Waals surface area (Å²) < 4.78 is 15.5. The number of carbonyl (C=O) groups is 3. The van der Waals surface area contributed by atoms with Gasteiger partial charge in [-0.3, -0.25) is 14.4 Å². The van der Waals surface area contributed by atoms with Crippen molar-refractivity contribution in [1.29, 1.82) is 0 Å². The van der Waals surface area contributed by atoms with E-state index < -0.39 is 23.5 Å². The SMILES string of the molecule is CCOc1ccc(/C=C/C(=O)C2C(=O)C=C(C)OC2=O)cc1OC. The standard InChI is InChI=1S/C18H18O6/c1-4-23-15-8-6-12(10-16(15)22-3)5-7-13(19)17-14(20)9-11(2)24-18(17)21/h5-10,17H,4H2,1-3H3/b7-5+. The quantitative estimate of drug-likeness (QED) is 0.452. The van der Waals surface area contributed by atoms with Gasteiger partial charge in [0.05, 0.1) is 13.7 Å². The first kappa shape index (κ1) is 17.5. The van der Waals surface area contributed by atoms with Crippen molar-refractivity contribution in [2.45, 2.75) is 13.8 Å². The number of esters is 1. The first-order chi connectivity index (χ1) is 11.5. The highest BCUT2D eigenvalue weighted by molar-refractivity contribution is 6.25. The molecule has 1 aliphatic heterocycles. The minimum atomic E-state index is -1.44. The van der Waals surface area contributed by atoms with Crippen LogP contribution in [0.1, 0.15) is 19.4 Å². The van der Waals surface area contributed by atoms with Crippen molar-refractivity contribution in [2.24, 2.45) is 5.92 Å². The Morgan fingerprint density at radius 3 is 2.67 bits per heavy atom. The lowest BCUT2D eigenvalue weighted by Crippen LogP contribution is -2.34. The van der Waals surface area contributed by atoms with Crippen LogP contribution in [-0.4, -0.2) is 31.3 Å². The van der Waals surface area contributed by atoms with E-state index in [0.29, 0.717) is 23.7 Å². The summed E-state index contributed by atoms with van der Waals surface area (Å²) in [6, 6.07) is 5.15. The maximum Gasteiger partial charge on any atom is 0.329 e. The highest BCUT2D eigenvalue weighted by atomic mass is 16.5. The van der Waals surface area contributed by atoms with Crippen LogP contribution >= 0.6 is 0 Å². The summed E-state index contributed by atoms with van der Waals surface area (Å²) in [6.07, 6.45) is 3.84. The molecule has 0 bridgehead atoms. The van der Waals surface area contributed by atoms with Gasteiger partial charge in [-0.15, -0.1) is 0 Å². The number of hydrogen-bond donors (Lipinski definition) is 0. The lowest BCUT2D eigenvalue weighted by Gasteiger charge is -2.15. The van der Waals surface area contributed by atoms with Gasteiger partial charge in [-0.2, -0.15) is 0 Å². The molecule has 0 radical (unpaired) electrons. The van der Waals surface area contributed by atoms with Gasteiger partial charge in [0.25, 0.3) is 0 Å². The van der Waals surface area contributed by atoms with Crippen molar-refractivity contribution in [1.82, 2.24) is 0 Å². The summed E-state index contributed by atoms with van der Waals surface area (Å²) in [4.78, 5) is 35.7. The number of carbonyl (C=O) groups excluding carboxylic acids is 3. The van der Waals surface area contributed by atoms with Gasteiger partial charge in [0.2, 0.25) is 0 Å². The molecule has 0 saturated heterocycles. The van der Waals surface area contributed by atoms with Crippen molar-refractivity contribution >= 4 is 23.6 Å². The molecule has 1 heterocycles. The van der Waals surface area contributed by atoms with Gasteiger partial charge in [-0.05, 0) is 37.6 Å². The van der Waals surface area contributed by atoms with E-state index >= 15 is 0 Å². The summed E-state index contributed by atoms with van der Waals surface area (Å²) in [5.74, 6) is -2.17. The molecule has 126 valence electrons. The molecule has 24 heavy (non-hydrogen) atoms. The normalized spacial score (nSPS) is 17.5. The van der Waals surface area contributed by atoms with Crippen molar-refractivity contribution < 1.29 is 28.6 Å². The summed E-state index contributed by atoms with van der Waals surface area (Å²) >= 11 is 0. The third kappa shape index (κ3) is 3.90. The molecule has 0 spiro atoms. The van der Waals surface area contributed by atoms with Crippen molar-refractivity contribution in [3.8, 4) is 11.5 Å². The van der Waals surface area contributed by atoms with Crippen LogP contribution in [0.4, 0.5) is 0 Å².